The van der Waals surface area contributed by atoms with Gasteiger partial charge in [-0.05, 0) is 46.5 Å². The number of hydrogen-bond donors (Lipinski definition) is 1. The molecule has 2 nitrogen and oxygen atoms in total. The number of aliphatic hydroxyl groups is 1. The van der Waals surface area contributed by atoms with Gasteiger partial charge in [-0.2, -0.15) is 0 Å². The van der Waals surface area contributed by atoms with Gasteiger partial charge >= 0.3 is 0 Å². The molecule has 0 radical (unpaired) electrons. The van der Waals surface area contributed by atoms with Crippen molar-refractivity contribution in [2.75, 3.05) is 0 Å². The third-order valence-electron chi connectivity index (χ3n) is 2.84. The number of pyridine rings is 1. The van der Waals surface area contributed by atoms with Crippen LogP contribution in [-0.4, -0.2) is 16.2 Å². The predicted octanol–water partition coefficient (Wildman–Crippen LogP) is 3.38. The van der Waals surface area contributed by atoms with E-state index < -0.39 is 0 Å². The number of aromatic nitrogens is 1. The van der Waals surface area contributed by atoms with E-state index in [1.165, 1.54) is 5.56 Å². The Bertz CT molecular complexity index is 470. The van der Waals surface area contributed by atoms with E-state index >= 15 is 0 Å². The molecule has 1 N–H and O–H groups in total. The smallest absolute Gasteiger partial charge is 0.0598 e. The van der Waals surface area contributed by atoms with Gasteiger partial charge in [0.25, 0.3) is 0 Å². The first-order chi connectivity index (χ1) is 8.74. The van der Waals surface area contributed by atoms with E-state index in [0.29, 0.717) is 6.42 Å². The second kappa shape index (κ2) is 6.66. The van der Waals surface area contributed by atoms with Gasteiger partial charge in [-0.15, -0.1) is 0 Å². The van der Waals surface area contributed by atoms with Gasteiger partial charge in [0, 0.05) is 22.8 Å². The van der Waals surface area contributed by atoms with Crippen molar-refractivity contribution < 1.29 is 5.11 Å². The maximum atomic E-state index is 9.98. The molecule has 0 aliphatic rings. The summed E-state index contributed by atoms with van der Waals surface area (Å²) < 4.78 is 0.963. The van der Waals surface area contributed by atoms with Gasteiger partial charge in [0.15, 0.2) is 0 Å². The minimum Gasteiger partial charge on any atom is -0.393 e. The van der Waals surface area contributed by atoms with Gasteiger partial charge < -0.3 is 5.11 Å². The number of aliphatic hydroxyl groups excluding tert-OH is 1. The molecule has 1 aromatic carbocycles. The lowest BCUT2D eigenvalue weighted by Gasteiger charge is -2.10. The second-order valence-corrected chi connectivity index (χ2v) is 5.27. The van der Waals surface area contributed by atoms with Crippen molar-refractivity contribution in [2.24, 2.45) is 0 Å². The summed E-state index contributed by atoms with van der Waals surface area (Å²) in [6.07, 6.45) is 3.71. The van der Waals surface area contributed by atoms with Crippen LogP contribution in [-0.2, 0) is 12.8 Å². The molecule has 1 unspecified atom stereocenters. The first-order valence-corrected chi connectivity index (χ1v) is 6.86. The molecule has 94 valence electrons. The van der Waals surface area contributed by atoms with Crippen LogP contribution in [0.15, 0.2) is 53.1 Å². The van der Waals surface area contributed by atoms with Gasteiger partial charge in [-0.1, -0.05) is 30.3 Å². The van der Waals surface area contributed by atoms with E-state index in [1.807, 2.05) is 30.3 Å². The summed E-state index contributed by atoms with van der Waals surface area (Å²) in [5.41, 5.74) is 2.19. The molecular formula is C15H16BrNO. The summed E-state index contributed by atoms with van der Waals surface area (Å²) in [4.78, 5) is 4.27. The van der Waals surface area contributed by atoms with Gasteiger partial charge in [0.05, 0.1) is 6.10 Å². The average Bonchev–Trinajstić information content (AvgIpc) is 2.40. The van der Waals surface area contributed by atoms with Crippen molar-refractivity contribution in [1.29, 1.82) is 0 Å². The van der Waals surface area contributed by atoms with Gasteiger partial charge in [-0.25, -0.2) is 0 Å². The summed E-state index contributed by atoms with van der Waals surface area (Å²) in [5.74, 6) is 0. The van der Waals surface area contributed by atoms with Gasteiger partial charge in [0.2, 0.25) is 0 Å². The van der Waals surface area contributed by atoms with Crippen LogP contribution < -0.4 is 0 Å². The Labute approximate surface area is 116 Å². The Kier molecular flexibility index (Phi) is 4.90. The SMILES string of the molecule is OC(CCc1ccccc1)Cc1ccc(Br)cn1. The highest BCUT2D eigenvalue weighted by molar-refractivity contribution is 9.10. The molecule has 3 heteroatoms. The van der Waals surface area contributed by atoms with Crippen molar-refractivity contribution in [2.45, 2.75) is 25.4 Å². The molecule has 18 heavy (non-hydrogen) atoms. The lowest BCUT2D eigenvalue weighted by atomic mass is 10.0. The van der Waals surface area contributed by atoms with Crippen LogP contribution in [0.3, 0.4) is 0 Å². The Balaban J connectivity index is 1.82. The predicted molar refractivity (Wildman–Crippen MR) is 76.4 cm³/mol. The Hall–Kier alpha value is -1.19. The molecule has 1 heterocycles. The lowest BCUT2D eigenvalue weighted by molar-refractivity contribution is 0.164. The lowest BCUT2D eigenvalue weighted by Crippen LogP contribution is -2.12. The number of hydrogen-bond acceptors (Lipinski definition) is 2. The third-order valence-corrected chi connectivity index (χ3v) is 3.31. The summed E-state index contributed by atoms with van der Waals surface area (Å²) >= 11 is 3.35. The summed E-state index contributed by atoms with van der Waals surface area (Å²) in [6.45, 7) is 0. The molecule has 0 spiro atoms. The molecule has 0 amide bonds. The largest absolute Gasteiger partial charge is 0.393 e. The van der Waals surface area contributed by atoms with E-state index in [0.717, 1.165) is 23.0 Å². The molecule has 0 saturated carbocycles. The highest BCUT2D eigenvalue weighted by Crippen LogP contribution is 2.11. The van der Waals surface area contributed by atoms with Crippen molar-refractivity contribution in [1.82, 2.24) is 4.98 Å². The zero-order chi connectivity index (χ0) is 12.8. The Morgan fingerprint density at radius 3 is 2.56 bits per heavy atom. The van der Waals surface area contributed by atoms with Crippen LogP contribution >= 0.6 is 15.9 Å². The van der Waals surface area contributed by atoms with E-state index in [-0.39, 0.29) is 6.10 Å². The second-order valence-electron chi connectivity index (χ2n) is 4.35. The van der Waals surface area contributed by atoms with Crippen LogP contribution in [0.5, 0.6) is 0 Å². The molecule has 0 saturated heterocycles. The van der Waals surface area contributed by atoms with Crippen molar-refractivity contribution in [3.8, 4) is 0 Å². The number of rotatable bonds is 5. The third kappa shape index (κ3) is 4.24. The fraction of sp³-hybridized carbons (Fsp3) is 0.267. The fourth-order valence-electron chi connectivity index (χ4n) is 1.85. The fourth-order valence-corrected chi connectivity index (χ4v) is 2.08. The quantitative estimate of drug-likeness (QED) is 0.918. The average molecular weight is 306 g/mol. The van der Waals surface area contributed by atoms with E-state index in [2.05, 4.69) is 33.0 Å². The van der Waals surface area contributed by atoms with Crippen LogP contribution in [0, 0.1) is 0 Å². The van der Waals surface area contributed by atoms with Gasteiger partial charge in [0.1, 0.15) is 0 Å². The van der Waals surface area contributed by atoms with Crippen molar-refractivity contribution >= 4 is 15.9 Å². The van der Waals surface area contributed by atoms with E-state index in [1.54, 1.807) is 6.20 Å². The highest BCUT2D eigenvalue weighted by atomic mass is 79.9. The molecule has 2 aromatic rings. The molecule has 0 aliphatic heterocycles. The number of benzene rings is 1. The molecule has 2 rings (SSSR count). The van der Waals surface area contributed by atoms with Crippen LogP contribution in [0.2, 0.25) is 0 Å². The van der Waals surface area contributed by atoms with Crippen LogP contribution in [0.4, 0.5) is 0 Å². The number of halogens is 1. The maximum Gasteiger partial charge on any atom is 0.0598 e. The zero-order valence-electron chi connectivity index (χ0n) is 10.1. The molecule has 1 aromatic heterocycles. The molecular weight excluding hydrogens is 290 g/mol. The van der Waals surface area contributed by atoms with Crippen molar-refractivity contribution in [3.63, 3.8) is 0 Å². The zero-order valence-corrected chi connectivity index (χ0v) is 11.7. The van der Waals surface area contributed by atoms with Gasteiger partial charge in [-0.3, -0.25) is 4.98 Å². The molecule has 1 atom stereocenters. The summed E-state index contributed by atoms with van der Waals surface area (Å²) in [6, 6.07) is 14.1. The van der Waals surface area contributed by atoms with Crippen molar-refractivity contribution in [3.05, 3.63) is 64.4 Å². The Morgan fingerprint density at radius 2 is 1.89 bits per heavy atom. The van der Waals surface area contributed by atoms with E-state index in [4.69, 9.17) is 0 Å². The van der Waals surface area contributed by atoms with Crippen LogP contribution in [0.25, 0.3) is 0 Å². The highest BCUT2D eigenvalue weighted by Gasteiger charge is 2.06. The standard InChI is InChI=1S/C15H16BrNO/c16-13-7-8-14(17-11-13)10-15(18)9-6-12-4-2-1-3-5-12/h1-5,7-8,11,15,18H,6,9-10H2. The minimum absolute atomic E-state index is 0.334. The van der Waals surface area contributed by atoms with Crippen LogP contribution in [0.1, 0.15) is 17.7 Å². The summed E-state index contributed by atoms with van der Waals surface area (Å²) in [5, 5.41) is 9.98. The van der Waals surface area contributed by atoms with E-state index in [9.17, 15) is 5.11 Å². The maximum absolute atomic E-state index is 9.98. The Morgan fingerprint density at radius 1 is 1.11 bits per heavy atom. The topological polar surface area (TPSA) is 33.1 Å². The first-order valence-electron chi connectivity index (χ1n) is 6.06. The number of nitrogens with zero attached hydrogens (tertiary/aromatic N) is 1. The monoisotopic (exact) mass is 305 g/mol. The molecule has 0 bridgehead atoms. The first kappa shape index (κ1) is 13.2. The molecule has 0 aliphatic carbocycles. The minimum atomic E-state index is -0.334. The summed E-state index contributed by atoms with van der Waals surface area (Å²) in [7, 11) is 0. The molecule has 0 fully saturated rings. The number of aryl methyl sites for hydroxylation is 1. The normalized spacial score (nSPS) is 12.3.